The predicted molar refractivity (Wildman–Crippen MR) is 54.9 cm³/mol. The Bertz CT molecular complexity index is 456. The summed E-state index contributed by atoms with van der Waals surface area (Å²) < 4.78 is 5.32. The SMILES string of the molecule is CCOC1C(=O)C(=C=O)c2ccccc21. The van der Waals surface area contributed by atoms with Crippen LogP contribution in [0.2, 0.25) is 0 Å². The van der Waals surface area contributed by atoms with Crippen LogP contribution in [-0.4, -0.2) is 18.3 Å². The lowest BCUT2D eigenvalue weighted by atomic mass is 10.1. The summed E-state index contributed by atoms with van der Waals surface area (Å²) in [6, 6.07) is 7.16. The van der Waals surface area contributed by atoms with Crippen molar-refractivity contribution in [2.75, 3.05) is 6.61 Å². The van der Waals surface area contributed by atoms with Crippen LogP contribution in [0.15, 0.2) is 24.3 Å². The van der Waals surface area contributed by atoms with Gasteiger partial charge in [-0.25, -0.2) is 4.79 Å². The molecule has 0 heterocycles. The van der Waals surface area contributed by atoms with E-state index in [0.717, 1.165) is 5.56 Å². The summed E-state index contributed by atoms with van der Waals surface area (Å²) in [5.41, 5.74) is 1.52. The van der Waals surface area contributed by atoms with Crippen LogP contribution in [0, 0.1) is 0 Å². The van der Waals surface area contributed by atoms with Crippen LogP contribution in [0.1, 0.15) is 24.2 Å². The first-order chi connectivity index (χ1) is 7.29. The van der Waals surface area contributed by atoms with Gasteiger partial charge in [0.05, 0.1) is 0 Å². The van der Waals surface area contributed by atoms with Gasteiger partial charge < -0.3 is 4.74 Å². The predicted octanol–water partition coefficient (Wildman–Crippen LogP) is 1.56. The van der Waals surface area contributed by atoms with Gasteiger partial charge in [-0.3, -0.25) is 4.79 Å². The zero-order chi connectivity index (χ0) is 10.8. The van der Waals surface area contributed by atoms with Gasteiger partial charge in [-0.05, 0) is 12.5 Å². The molecular formula is C12H10O3. The Morgan fingerprint density at radius 3 is 2.80 bits per heavy atom. The largest absolute Gasteiger partial charge is 0.366 e. The highest BCUT2D eigenvalue weighted by Crippen LogP contribution is 2.37. The van der Waals surface area contributed by atoms with Crippen molar-refractivity contribution in [2.24, 2.45) is 0 Å². The summed E-state index contributed by atoms with van der Waals surface area (Å²) in [6.07, 6.45) is -0.623. The molecule has 0 spiro atoms. The van der Waals surface area contributed by atoms with Crippen molar-refractivity contribution in [2.45, 2.75) is 13.0 Å². The minimum atomic E-state index is -0.623. The smallest absolute Gasteiger partial charge is 0.207 e. The molecule has 0 amide bonds. The van der Waals surface area contributed by atoms with Crippen molar-refractivity contribution in [3.8, 4) is 0 Å². The molecule has 0 fully saturated rings. The number of carbonyl (C=O) groups excluding carboxylic acids is 2. The third-order valence-electron chi connectivity index (χ3n) is 2.43. The zero-order valence-electron chi connectivity index (χ0n) is 8.32. The summed E-state index contributed by atoms with van der Waals surface area (Å²) >= 11 is 0. The topological polar surface area (TPSA) is 43.4 Å². The zero-order valence-corrected chi connectivity index (χ0v) is 8.32. The maximum absolute atomic E-state index is 11.8. The number of hydrogen-bond acceptors (Lipinski definition) is 3. The number of carbonyl (C=O) groups is 1. The summed E-state index contributed by atoms with van der Waals surface area (Å²) in [7, 11) is 0. The molecule has 0 bridgehead atoms. The van der Waals surface area contributed by atoms with Crippen LogP contribution >= 0.6 is 0 Å². The number of Topliss-reactive ketones (excluding diaryl/α,β-unsaturated/α-hetero) is 1. The third-order valence-corrected chi connectivity index (χ3v) is 2.43. The quantitative estimate of drug-likeness (QED) is 0.540. The lowest BCUT2D eigenvalue weighted by Crippen LogP contribution is -2.09. The third kappa shape index (κ3) is 1.42. The van der Waals surface area contributed by atoms with E-state index in [1.54, 1.807) is 24.1 Å². The number of rotatable bonds is 2. The second kappa shape index (κ2) is 3.81. The van der Waals surface area contributed by atoms with Gasteiger partial charge in [-0.15, -0.1) is 0 Å². The summed E-state index contributed by atoms with van der Waals surface area (Å²) in [4.78, 5) is 22.5. The highest BCUT2D eigenvalue weighted by Gasteiger charge is 2.36. The molecular weight excluding hydrogens is 192 g/mol. The molecule has 1 aromatic carbocycles. The fraction of sp³-hybridized carbons (Fsp3) is 0.250. The second-order valence-electron chi connectivity index (χ2n) is 3.26. The molecule has 3 nitrogen and oxygen atoms in total. The van der Waals surface area contributed by atoms with Gasteiger partial charge in [-0.1, -0.05) is 24.3 Å². The average molecular weight is 202 g/mol. The van der Waals surface area contributed by atoms with E-state index in [2.05, 4.69) is 0 Å². The average Bonchev–Trinajstić information content (AvgIpc) is 2.53. The highest BCUT2D eigenvalue weighted by atomic mass is 16.5. The Labute approximate surface area is 87.4 Å². The minimum absolute atomic E-state index is 0.101. The van der Waals surface area contributed by atoms with Crippen LogP contribution in [0.5, 0.6) is 0 Å². The fourth-order valence-electron chi connectivity index (χ4n) is 1.80. The van der Waals surface area contributed by atoms with Gasteiger partial charge in [0.2, 0.25) is 5.78 Å². The Balaban J connectivity index is 2.56. The number of fused-ring (bicyclic) bond motifs is 1. The fourth-order valence-corrected chi connectivity index (χ4v) is 1.80. The molecule has 1 aliphatic carbocycles. The van der Waals surface area contributed by atoms with Gasteiger partial charge >= 0.3 is 0 Å². The van der Waals surface area contributed by atoms with Crippen LogP contribution in [0.4, 0.5) is 0 Å². The van der Waals surface area contributed by atoms with Crippen molar-refractivity contribution in [1.29, 1.82) is 0 Å². The summed E-state index contributed by atoms with van der Waals surface area (Å²) in [5, 5.41) is 0. The van der Waals surface area contributed by atoms with Crippen LogP contribution in [-0.2, 0) is 14.3 Å². The van der Waals surface area contributed by atoms with E-state index in [-0.39, 0.29) is 11.4 Å². The van der Waals surface area contributed by atoms with Crippen LogP contribution in [0.25, 0.3) is 5.57 Å². The monoisotopic (exact) mass is 202 g/mol. The molecule has 2 rings (SSSR count). The van der Waals surface area contributed by atoms with Crippen molar-refractivity contribution in [3.63, 3.8) is 0 Å². The molecule has 1 atom stereocenters. The van der Waals surface area contributed by atoms with Gasteiger partial charge in [0.15, 0.2) is 0 Å². The van der Waals surface area contributed by atoms with Gasteiger partial charge in [0, 0.05) is 12.2 Å². The van der Waals surface area contributed by atoms with Crippen molar-refractivity contribution in [3.05, 3.63) is 35.4 Å². The van der Waals surface area contributed by atoms with Crippen LogP contribution in [0.3, 0.4) is 0 Å². The van der Waals surface area contributed by atoms with E-state index in [4.69, 9.17) is 4.74 Å². The van der Waals surface area contributed by atoms with E-state index in [0.29, 0.717) is 12.2 Å². The lowest BCUT2D eigenvalue weighted by molar-refractivity contribution is -0.123. The van der Waals surface area contributed by atoms with Crippen molar-refractivity contribution < 1.29 is 14.3 Å². The molecule has 3 heteroatoms. The second-order valence-corrected chi connectivity index (χ2v) is 3.26. The van der Waals surface area contributed by atoms with Crippen molar-refractivity contribution >= 4 is 17.3 Å². The van der Waals surface area contributed by atoms with E-state index in [1.165, 1.54) is 0 Å². The number of ether oxygens (including phenoxy) is 1. The maximum Gasteiger partial charge on any atom is 0.207 e. The van der Waals surface area contributed by atoms with Gasteiger partial charge in [0.25, 0.3) is 0 Å². The summed E-state index contributed by atoms with van der Waals surface area (Å²) in [5.74, 6) is 1.41. The Kier molecular flexibility index (Phi) is 2.50. The summed E-state index contributed by atoms with van der Waals surface area (Å²) in [6.45, 7) is 2.26. The molecule has 0 aromatic heterocycles. The van der Waals surface area contributed by atoms with Crippen molar-refractivity contribution in [1.82, 2.24) is 0 Å². The number of hydrogen-bond donors (Lipinski definition) is 0. The molecule has 76 valence electrons. The molecule has 1 unspecified atom stereocenters. The highest BCUT2D eigenvalue weighted by molar-refractivity contribution is 6.33. The number of ketones is 1. The molecule has 0 aliphatic heterocycles. The Morgan fingerprint density at radius 1 is 1.40 bits per heavy atom. The number of benzene rings is 1. The minimum Gasteiger partial charge on any atom is -0.366 e. The van der Waals surface area contributed by atoms with Crippen LogP contribution < -0.4 is 0 Å². The standard InChI is InChI=1S/C12H10O3/c1-2-15-12-9-6-4-3-5-8(9)10(7-13)11(12)14/h3-6,12H,2H2,1H3. The Hall–Kier alpha value is -1.70. The molecule has 1 aliphatic rings. The normalized spacial score (nSPS) is 18.9. The first kappa shape index (κ1) is 9.84. The van der Waals surface area contributed by atoms with E-state index in [9.17, 15) is 9.59 Å². The first-order valence-corrected chi connectivity index (χ1v) is 4.79. The molecule has 0 radical (unpaired) electrons. The Morgan fingerprint density at radius 2 is 2.13 bits per heavy atom. The van der Waals surface area contributed by atoms with Gasteiger partial charge in [-0.2, -0.15) is 0 Å². The maximum atomic E-state index is 11.8. The van der Waals surface area contributed by atoms with E-state index < -0.39 is 6.10 Å². The first-order valence-electron chi connectivity index (χ1n) is 4.79. The van der Waals surface area contributed by atoms with E-state index >= 15 is 0 Å². The molecule has 0 N–H and O–H groups in total. The van der Waals surface area contributed by atoms with Gasteiger partial charge in [0.1, 0.15) is 17.6 Å². The molecule has 0 saturated heterocycles. The lowest BCUT2D eigenvalue weighted by Gasteiger charge is -2.08. The molecule has 0 saturated carbocycles. The molecule has 15 heavy (non-hydrogen) atoms. The molecule has 1 aromatic rings. The van der Waals surface area contributed by atoms with E-state index in [1.807, 2.05) is 13.0 Å².